The second kappa shape index (κ2) is 22.9. The van der Waals surface area contributed by atoms with Crippen molar-refractivity contribution in [2.45, 2.75) is 82.7 Å². The summed E-state index contributed by atoms with van der Waals surface area (Å²) in [7, 11) is 0. The Balaban J connectivity index is 2.01. The first kappa shape index (κ1) is 36.3. The number of nitrogens with zero attached hydrogens (tertiary/aromatic N) is 1. The Hall–Kier alpha value is -3.71. The third-order valence-corrected chi connectivity index (χ3v) is 6.49. The van der Waals surface area contributed by atoms with Crippen LogP contribution in [0.1, 0.15) is 69.8 Å². The molecule has 0 aliphatic heterocycles. The molecule has 0 saturated carbocycles. The van der Waals surface area contributed by atoms with E-state index in [9.17, 15) is 19.2 Å². The highest BCUT2D eigenvalue weighted by molar-refractivity contribution is 5.92. The van der Waals surface area contributed by atoms with Crippen LogP contribution < -0.4 is 44.2 Å². The zero-order valence-corrected chi connectivity index (χ0v) is 24.7. The fourth-order valence-electron chi connectivity index (χ4n) is 4.16. The lowest BCUT2D eigenvalue weighted by molar-refractivity contribution is -0.131. The number of nitrogens with two attached hydrogens (primary N) is 4. The van der Waals surface area contributed by atoms with E-state index in [1.54, 1.807) is 0 Å². The first-order valence-electron chi connectivity index (χ1n) is 14.9. The Morgan fingerprint density at radius 3 is 1.90 bits per heavy atom. The molecule has 1 rings (SSSR count). The average Bonchev–Trinajstić information content (AvgIpc) is 2.94. The summed E-state index contributed by atoms with van der Waals surface area (Å²) in [5.41, 5.74) is 22.4. The SMILES string of the molecule is NC(=O)C[C@H](NC(=O)Cc1ccccc1)C(=O)NCCCCNCCCCCCCCNC(=O)[C@@H](N)CCN=C(N)N. The number of hydrogen-bond donors (Lipinski definition) is 8. The molecule has 0 aliphatic rings. The minimum atomic E-state index is -0.984. The smallest absolute Gasteiger partial charge is 0.243 e. The molecule has 1 aromatic rings. The molecule has 0 saturated heterocycles. The number of rotatable bonds is 24. The summed E-state index contributed by atoms with van der Waals surface area (Å²) >= 11 is 0. The van der Waals surface area contributed by atoms with Crippen LogP contribution in [0.5, 0.6) is 0 Å². The van der Waals surface area contributed by atoms with Crippen molar-refractivity contribution in [1.82, 2.24) is 21.3 Å². The average molecular weight is 590 g/mol. The Morgan fingerprint density at radius 1 is 0.738 bits per heavy atom. The van der Waals surface area contributed by atoms with Crippen LogP contribution in [0.15, 0.2) is 35.3 Å². The standard InChI is InChI=1S/C29H51N9O4/c30-23(14-19-37-29(32)33)27(41)35-17-9-4-2-1-3-8-15-34-16-10-11-18-36-28(42)24(21-25(31)39)38-26(40)20-22-12-6-5-7-13-22/h5-7,12-13,23-24,34H,1-4,8-11,14-21,30H2,(H2,31,39)(H,35,41)(H,36,42)(H,38,40)(H4,32,33,37)/t23-,24-/m0/s1. The van der Waals surface area contributed by atoms with Crippen molar-refractivity contribution in [2.75, 3.05) is 32.7 Å². The van der Waals surface area contributed by atoms with Gasteiger partial charge in [0.1, 0.15) is 6.04 Å². The van der Waals surface area contributed by atoms with E-state index in [-0.39, 0.29) is 30.6 Å². The number of hydrogen-bond acceptors (Lipinski definition) is 7. The third kappa shape index (κ3) is 19.4. The van der Waals surface area contributed by atoms with Crippen molar-refractivity contribution < 1.29 is 19.2 Å². The van der Waals surface area contributed by atoms with Crippen LogP contribution in [-0.2, 0) is 25.6 Å². The zero-order chi connectivity index (χ0) is 31.0. The quantitative estimate of drug-likeness (QED) is 0.0444. The lowest BCUT2D eigenvalue weighted by Crippen LogP contribution is -2.49. The maximum atomic E-state index is 12.5. The maximum Gasteiger partial charge on any atom is 0.243 e. The lowest BCUT2D eigenvalue weighted by Gasteiger charge is -2.17. The van der Waals surface area contributed by atoms with Crippen LogP contribution in [0.2, 0.25) is 0 Å². The predicted molar refractivity (Wildman–Crippen MR) is 165 cm³/mol. The molecule has 236 valence electrons. The molecule has 13 nitrogen and oxygen atoms in total. The van der Waals surface area contributed by atoms with Gasteiger partial charge in [0.15, 0.2) is 5.96 Å². The van der Waals surface area contributed by atoms with Gasteiger partial charge in [-0.15, -0.1) is 0 Å². The number of aliphatic imine (C=N–C) groups is 1. The molecular weight excluding hydrogens is 538 g/mol. The van der Waals surface area contributed by atoms with Crippen molar-refractivity contribution in [3.05, 3.63) is 35.9 Å². The number of carbonyl (C=O) groups is 4. The van der Waals surface area contributed by atoms with Gasteiger partial charge >= 0.3 is 0 Å². The summed E-state index contributed by atoms with van der Waals surface area (Å²) < 4.78 is 0. The summed E-state index contributed by atoms with van der Waals surface area (Å²) in [6.07, 6.45) is 8.43. The monoisotopic (exact) mass is 589 g/mol. The maximum absolute atomic E-state index is 12.5. The number of nitrogens with one attached hydrogen (secondary N) is 4. The Labute approximate surface area is 249 Å². The molecule has 13 heteroatoms. The summed E-state index contributed by atoms with van der Waals surface area (Å²) in [5, 5.41) is 11.7. The fraction of sp³-hybridized carbons (Fsp3) is 0.621. The number of amides is 4. The second-order valence-electron chi connectivity index (χ2n) is 10.3. The second-order valence-corrected chi connectivity index (χ2v) is 10.3. The van der Waals surface area contributed by atoms with Crippen LogP contribution >= 0.6 is 0 Å². The van der Waals surface area contributed by atoms with Crippen LogP contribution in [0.25, 0.3) is 0 Å². The zero-order valence-electron chi connectivity index (χ0n) is 24.7. The highest BCUT2D eigenvalue weighted by Gasteiger charge is 2.22. The molecule has 42 heavy (non-hydrogen) atoms. The molecule has 0 heterocycles. The molecule has 2 atom stereocenters. The van der Waals surface area contributed by atoms with Gasteiger partial charge in [-0.3, -0.25) is 24.2 Å². The number of primary amides is 1. The van der Waals surface area contributed by atoms with Gasteiger partial charge in [-0.25, -0.2) is 0 Å². The van der Waals surface area contributed by atoms with Crippen molar-refractivity contribution in [2.24, 2.45) is 27.9 Å². The first-order valence-corrected chi connectivity index (χ1v) is 14.9. The number of guanidine groups is 1. The highest BCUT2D eigenvalue weighted by Crippen LogP contribution is 2.05. The van der Waals surface area contributed by atoms with Gasteiger partial charge in [0.25, 0.3) is 0 Å². The molecule has 4 amide bonds. The van der Waals surface area contributed by atoms with E-state index in [4.69, 9.17) is 22.9 Å². The summed E-state index contributed by atoms with van der Waals surface area (Å²) in [4.78, 5) is 52.0. The Bertz CT molecular complexity index is 956. The Kier molecular flexibility index (Phi) is 19.8. The molecule has 0 aromatic heterocycles. The van der Waals surface area contributed by atoms with Gasteiger partial charge in [-0.1, -0.05) is 56.0 Å². The van der Waals surface area contributed by atoms with E-state index >= 15 is 0 Å². The number of unbranched alkanes of at least 4 members (excludes halogenated alkanes) is 6. The van der Waals surface area contributed by atoms with Crippen LogP contribution in [0, 0.1) is 0 Å². The minimum absolute atomic E-state index is 0.00507. The fourth-order valence-corrected chi connectivity index (χ4v) is 4.16. The van der Waals surface area contributed by atoms with E-state index < -0.39 is 23.9 Å². The van der Waals surface area contributed by atoms with Gasteiger partial charge in [-0.2, -0.15) is 0 Å². The van der Waals surface area contributed by atoms with Crippen LogP contribution in [-0.4, -0.2) is 74.4 Å². The number of carbonyl (C=O) groups excluding carboxylic acids is 4. The van der Waals surface area contributed by atoms with Gasteiger partial charge in [0.2, 0.25) is 23.6 Å². The topological polar surface area (TPSA) is 233 Å². The molecule has 0 aliphatic carbocycles. The van der Waals surface area contributed by atoms with Crippen molar-refractivity contribution in [3.63, 3.8) is 0 Å². The van der Waals surface area contributed by atoms with Crippen LogP contribution in [0.3, 0.4) is 0 Å². The largest absolute Gasteiger partial charge is 0.370 e. The molecule has 1 aromatic carbocycles. The van der Waals surface area contributed by atoms with E-state index in [1.165, 1.54) is 0 Å². The molecule has 0 fully saturated rings. The van der Waals surface area contributed by atoms with Gasteiger partial charge in [0.05, 0.1) is 18.9 Å². The van der Waals surface area contributed by atoms with Gasteiger partial charge in [0, 0.05) is 19.6 Å². The van der Waals surface area contributed by atoms with E-state index in [2.05, 4.69) is 26.3 Å². The summed E-state index contributed by atoms with van der Waals surface area (Å²) in [6.45, 7) is 3.19. The predicted octanol–water partition coefficient (Wildman–Crippen LogP) is -0.477. The molecule has 12 N–H and O–H groups in total. The van der Waals surface area contributed by atoms with Crippen molar-refractivity contribution >= 4 is 29.6 Å². The van der Waals surface area contributed by atoms with E-state index in [0.29, 0.717) is 26.1 Å². The van der Waals surface area contributed by atoms with Gasteiger partial charge in [-0.05, 0) is 50.8 Å². The number of benzene rings is 1. The highest BCUT2D eigenvalue weighted by atomic mass is 16.2. The summed E-state index contributed by atoms with van der Waals surface area (Å²) in [5.74, 6) is -1.58. The first-order chi connectivity index (χ1) is 20.2. The normalized spacial score (nSPS) is 12.1. The summed E-state index contributed by atoms with van der Waals surface area (Å²) in [6, 6.07) is 7.58. The van der Waals surface area contributed by atoms with Crippen molar-refractivity contribution in [3.8, 4) is 0 Å². The van der Waals surface area contributed by atoms with Crippen molar-refractivity contribution in [1.29, 1.82) is 0 Å². The minimum Gasteiger partial charge on any atom is -0.370 e. The van der Waals surface area contributed by atoms with Gasteiger partial charge < -0.3 is 44.2 Å². The molecule has 0 spiro atoms. The van der Waals surface area contributed by atoms with E-state index in [0.717, 1.165) is 70.0 Å². The lowest BCUT2D eigenvalue weighted by atomic mass is 10.1. The molecule has 0 bridgehead atoms. The molecule has 0 radical (unpaired) electrons. The third-order valence-electron chi connectivity index (χ3n) is 6.49. The molecule has 0 unspecified atom stereocenters. The molecular formula is C29H51N9O4. The van der Waals surface area contributed by atoms with Crippen LogP contribution in [0.4, 0.5) is 0 Å². The van der Waals surface area contributed by atoms with E-state index in [1.807, 2.05) is 30.3 Å². The Morgan fingerprint density at radius 2 is 1.29 bits per heavy atom.